The maximum atomic E-state index is 11.4. The van der Waals surface area contributed by atoms with Gasteiger partial charge in [-0.1, -0.05) is 0 Å². The third kappa shape index (κ3) is 2.19. The first kappa shape index (κ1) is 9.96. The Balaban J connectivity index is 2.70. The highest BCUT2D eigenvalue weighted by molar-refractivity contribution is 5.93. The molecule has 0 fully saturated rings. The first-order valence-electron chi connectivity index (χ1n) is 3.72. The molecule has 0 aliphatic heterocycles. The van der Waals surface area contributed by atoms with Gasteiger partial charge in [0.15, 0.2) is 0 Å². The van der Waals surface area contributed by atoms with Gasteiger partial charge in [-0.15, -0.1) is 5.10 Å². The molecule has 0 atom stereocenters. The smallest absolute Gasteiger partial charge is 0.291 e. The number of rotatable bonds is 3. The fourth-order valence-electron chi connectivity index (χ4n) is 0.857. The quantitative estimate of drug-likeness (QED) is 0.514. The van der Waals surface area contributed by atoms with Gasteiger partial charge in [0.1, 0.15) is 0 Å². The molecule has 14 heavy (non-hydrogen) atoms. The second kappa shape index (κ2) is 3.73. The van der Waals surface area contributed by atoms with Gasteiger partial charge in [0.2, 0.25) is 17.7 Å². The fraction of sp³-hybridized carbons (Fsp3) is 0.333. The summed E-state index contributed by atoms with van der Waals surface area (Å²) in [6.45, 7) is -0.181. The normalized spacial score (nSPS) is 9.79. The van der Waals surface area contributed by atoms with Gasteiger partial charge in [0.25, 0.3) is 5.91 Å². The molecule has 0 spiro atoms. The monoisotopic (exact) mass is 198 g/mol. The van der Waals surface area contributed by atoms with E-state index in [2.05, 4.69) is 15.2 Å². The Kier molecular flexibility index (Phi) is 2.65. The maximum Gasteiger partial charge on any atom is 0.291 e. The minimum atomic E-state index is -0.603. The number of primary amides is 1. The summed E-state index contributed by atoms with van der Waals surface area (Å²) < 4.78 is 0. The maximum absolute atomic E-state index is 11.4. The number of likely N-dealkylation sites (N-methyl/N-ethyl adjacent to an activating group) is 1. The molecule has 0 aliphatic carbocycles. The molecule has 0 bridgehead atoms. The number of hydrogen-bond donors (Lipinski definition) is 3. The van der Waals surface area contributed by atoms with Crippen LogP contribution in [-0.2, 0) is 4.79 Å². The van der Waals surface area contributed by atoms with E-state index in [0.717, 1.165) is 4.90 Å². The Bertz CT molecular complexity index is 359. The van der Waals surface area contributed by atoms with E-state index < -0.39 is 11.8 Å². The number of aromatic nitrogens is 3. The van der Waals surface area contributed by atoms with Gasteiger partial charge in [0.05, 0.1) is 6.54 Å². The van der Waals surface area contributed by atoms with E-state index in [4.69, 9.17) is 11.5 Å². The average molecular weight is 198 g/mol. The van der Waals surface area contributed by atoms with E-state index in [1.54, 1.807) is 0 Å². The number of aromatic amines is 1. The van der Waals surface area contributed by atoms with Gasteiger partial charge in [-0.2, -0.15) is 4.98 Å². The van der Waals surface area contributed by atoms with Crippen LogP contribution in [0.3, 0.4) is 0 Å². The van der Waals surface area contributed by atoms with Crippen molar-refractivity contribution in [2.45, 2.75) is 0 Å². The molecule has 0 saturated heterocycles. The summed E-state index contributed by atoms with van der Waals surface area (Å²) >= 11 is 0. The number of nitrogens with one attached hydrogen (secondary N) is 1. The number of nitrogens with zero attached hydrogens (tertiary/aromatic N) is 3. The molecule has 2 amide bonds. The van der Waals surface area contributed by atoms with Crippen LogP contribution in [0.5, 0.6) is 0 Å². The molecule has 1 aromatic rings. The molecule has 0 unspecified atom stereocenters. The zero-order chi connectivity index (χ0) is 10.7. The van der Waals surface area contributed by atoms with Crippen molar-refractivity contribution in [3.63, 3.8) is 0 Å². The number of nitrogen functional groups attached to an aromatic ring is 1. The van der Waals surface area contributed by atoms with Crippen LogP contribution in [-0.4, -0.2) is 45.5 Å². The van der Waals surface area contributed by atoms with Gasteiger partial charge in [0, 0.05) is 7.05 Å². The highest BCUT2D eigenvalue weighted by Crippen LogP contribution is 1.97. The highest BCUT2D eigenvalue weighted by Gasteiger charge is 2.16. The molecule has 0 aliphatic rings. The van der Waals surface area contributed by atoms with Crippen molar-refractivity contribution in [3.8, 4) is 0 Å². The van der Waals surface area contributed by atoms with Crippen LogP contribution in [0, 0.1) is 0 Å². The predicted octanol–water partition coefficient (Wildman–Crippen LogP) is -2.06. The molecule has 0 saturated carbocycles. The summed E-state index contributed by atoms with van der Waals surface area (Å²) in [5.74, 6) is -1.14. The third-order valence-electron chi connectivity index (χ3n) is 1.44. The van der Waals surface area contributed by atoms with E-state index in [1.165, 1.54) is 7.05 Å². The zero-order valence-electron chi connectivity index (χ0n) is 7.52. The van der Waals surface area contributed by atoms with Gasteiger partial charge < -0.3 is 16.4 Å². The molecule has 1 heterocycles. The predicted molar refractivity (Wildman–Crippen MR) is 46.9 cm³/mol. The SMILES string of the molecule is CN(CC(N)=O)C(=O)c1nc(N)n[nH]1. The second-order valence-corrected chi connectivity index (χ2v) is 2.67. The van der Waals surface area contributed by atoms with Crippen LogP contribution < -0.4 is 11.5 Å². The van der Waals surface area contributed by atoms with Crippen LogP contribution in [0.1, 0.15) is 10.6 Å². The summed E-state index contributed by atoms with van der Waals surface area (Å²) in [5, 5.41) is 5.81. The van der Waals surface area contributed by atoms with Crippen molar-refractivity contribution in [1.29, 1.82) is 0 Å². The third-order valence-corrected chi connectivity index (χ3v) is 1.44. The number of carbonyl (C=O) groups excluding carboxylic acids is 2. The van der Waals surface area contributed by atoms with E-state index >= 15 is 0 Å². The van der Waals surface area contributed by atoms with Crippen LogP contribution in [0.15, 0.2) is 0 Å². The average Bonchev–Trinajstić information content (AvgIpc) is 2.49. The van der Waals surface area contributed by atoms with Crippen molar-refractivity contribution in [2.24, 2.45) is 5.73 Å². The number of amides is 2. The molecular weight excluding hydrogens is 188 g/mol. The summed E-state index contributed by atoms with van der Waals surface area (Å²) in [4.78, 5) is 26.7. The van der Waals surface area contributed by atoms with Crippen LogP contribution >= 0.6 is 0 Å². The fourth-order valence-corrected chi connectivity index (χ4v) is 0.857. The van der Waals surface area contributed by atoms with Gasteiger partial charge in [-0.25, -0.2) is 0 Å². The highest BCUT2D eigenvalue weighted by atomic mass is 16.2. The Morgan fingerprint density at radius 1 is 1.57 bits per heavy atom. The lowest BCUT2D eigenvalue weighted by molar-refractivity contribution is -0.118. The molecule has 76 valence electrons. The lowest BCUT2D eigenvalue weighted by Crippen LogP contribution is -2.35. The summed E-state index contributed by atoms with van der Waals surface area (Å²) in [6, 6.07) is 0. The number of H-pyrrole nitrogens is 1. The molecule has 8 nitrogen and oxygen atoms in total. The van der Waals surface area contributed by atoms with Gasteiger partial charge in [-0.05, 0) is 0 Å². The molecule has 5 N–H and O–H groups in total. The van der Waals surface area contributed by atoms with Gasteiger partial charge in [-0.3, -0.25) is 14.7 Å². The van der Waals surface area contributed by atoms with Crippen LogP contribution in [0.4, 0.5) is 5.95 Å². The first-order chi connectivity index (χ1) is 6.50. The molecule has 0 radical (unpaired) electrons. The van der Waals surface area contributed by atoms with Crippen molar-refractivity contribution < 1.29 is 9.59 Å². The zero-order valence-corrected chi connectivity index (χ0v) is 7.52. The van der Waals surface area contributed by atoms with E-state index in [1.807, 2.05) is 0 Å². The Labute approximate surface area is 79.3 Å². The Morgan fingerprint density at radius 2 is 2.21 bits per heavy atom. The molecule has 8 heteroatoms. The van der Waals surface area contributed by atoms with E-state index in [9.17, 15) is 9.59 Å². The Hall–Kier alpha value is -2.12. The minimum absolute atomic E-state index is 0.0220. The number of hydrogen-bond acceptors (Lipinski definition) is 5. The molecular formula is C6H10N6O2. The van der Waals surface area contributed by atoms with Crippen molar-refractivity contribution >= 4 is 17.8 Å². The largest absolute Gasteiger partial charge is 0.368 e. The molecule has 1 aromatic heterocycles. The molecule has 0 aromatic carbocycles. The summed E-state index contributed by atoms with van der Waals surface area (Å²) in [7, 11) is 1.42. The Morgan fingerprint density at radius 3 is 2.64 bits per heavy atom. The minimum Gasteiger partial charge on any atom is -0.368 e. The van der Waals surface area contributed by atoms with Crippen molar-refractivity contribution in [3.05, 3.63) is 5.82 Å². The number of carbonyl (C=O) groups is 2. The lowest BCUT2D eigenvalue weighted by atomic mass is 10.4. The second-order valence-electron chi connectivity index (χ2n) is 2.67. The van der Waals surface area contributed by atoms with Crippen molar-refractivity contribution in [1.82, 2.24) is 20.1 Å². The summed E-state index contributed by atoms with van der Waals surface area (Å²) in [5.41, 5.74) is 10.1. The van der Waals surface area contributed by atoms with E-state index in [-0.39, 0.29) is 18.3 Å². The number of nitrogens with two attached hydrogens (primary N) is 2. The first-order valence-corrected chi connectivity index (χ1v) is 3.72. The standard InChI is InChI=1S/C6H10N6O2/c1-12(2-3(7)13)5(14)4-9-6(8)11-10-4/h2H2,1H3,(H2,7,13)(H3,8,9,10,11). The number of anilines is 1. The van der Waals surface area contributed by atoms with Gasteiger partial charge >= 0.3 is 0 Å². The lowest BCUT2D eigenvalue weighted by Gasteiger charge is -2.12. The topological polar surface area (TPSA) is 131 Å². The van der Waals surface area contributed by atoms with Crippen LogP contribution in [0.2, 0.25) is 0 Å². The van der Waals surface area contributed by atoms with E-state index in [0.29, 0.717) is 0 Å². The van der Waals surface area contributed by atoms with Crippen molar-refractivity contribution in [2.75, 3.05) is 19.3 Å². The van der Waals surface area contributed by atoms with Crippen LogP contribution in [0.25, 0.3) is 0 Å². The summed E-state index contributed by atoms with van der Waals surface area (Å²) in [6.07, 6.45) is 0. The molecule has 1 rings (SSSR count).